The molecule has 2 atom stereocenters. The zero-order valence-corrected chi connectivity index (χ0v) is 10.2. The second-order valence-electron chi connectivity index (χ2n) is 4.50. The fraction of sp³-hybridized carbons (Fsp3) is 0.500. The zero-order valence-electron chi connectivity index (χ0n) is 10.2. The van der Waals surface area contributed by atoms with Crippen molar-refractivity contribution in [3.8, 4) is 0 Å². The average Bonchev–Trinajstić information content (AvgIpc) is 2.89. The van der Waals surface area contributed by atoms with E-state index < -0.39 is 0 Å². The first-order valence-corrected chi connectivity index (χ1v) is 6.21. The van der Waals surface area contributed by atoms with Crippen LogP contribution in [-0.4, -0.2) is 31.1 Å². The van der Waals surface area contributed by atoms with Gasteiger partial charge in [-0.05, 0) is 19.8 Å². The molecule has 92 valence electrons. The third kappa shape index (κ3) is 3.38. The highest BCUT2D eigenvalue weighted by atomic mass is 16.5. The molecule has 1 fully saturated rings. The number of hydrogen-bond donors (Lipinski definition) is 1. The van der Waals surface area contributed by atoms with Crippen LogP contribution >= 0.6 is 0 Å². The standard InChI is InChI=1S/C14H19NO2/c1-11(15-10-13-8-5-9-17-13)14(16)12-6-3-2-4-7-12/h2-4,6-7,11,13,15H,5,8-10H2,1H3. The molecular weight excluding hydrogens is 214 g/mol. The van der Waals surface area contributed by atoms with Gasteiger partial charge in [0.05, 0.1) is 12.1 Å². The third-order valence-corrected chi connectivity index (χ3v) is 3.13. The van der Waals surface area contributed by atoms with E-state index in [9.17, 15) is 4.79 Å². The molecule has 2 rings (SSSR count). The minimum Gasteiger partial charge on any atom is -0.377 e. The molecular formula is C14H19NO2. The molecule has 1 aromatic rings. The van der Waals surface area contributed by atoms with E-state index in [1.54, 1.807) is 0 Å². The molecule has 0 saturated carbocycles. The Kier molecular flexibility index (Phi) is 4.29. The van der Waals surface area contributed by atoms with E-state index in [1.807, 2.05) is 37.3 Å². The molecule has 1 heterocycles. The molecule has 1 aliphatic heterocycles. The van der Waals surface area contributed by atoms with Crippen molar-refractivity contribution in [3.05, 3.63) is 35.9 Å². The van der Waals surface area contributed by atoms with Gasteiger partial charge < -0.3 is 10.1 Å². The van der Waals surface area contributed by atoms with E-state index in [4.69, 9.17) is 4.74 Å². The summed E-state index contributed by atoms with van der Waals surface area (Å²) in [6.45, 7) is 3.53. The van der Waals surface area contributed by atoms with E-state index in [-0.39, 0.29) is 17.9 Å². The summed E-state index contributed by atoms with van der Waals surface area (Å²) in [6, 6.07) is 9.25. The van der Waals surface area contributed by atoms with Crippen LogP contribution in [-0.2, 0) is 4.74 Å². The third-order valence-electron chi connectivity index (χ3n) is 3.13. The van der Waals surface area contributed by atoms with Crippen molar-refractivity contribution in [3.63, 3.8) is 0 Å². The number of benzene rings is 1. The molecule has 0 radical (unpaired) electrons. The lowest BCUT2D eigenvalue weighted by atomic mass is 10.1. The molecule has 3 nitrogen and oxygen atoms in total. The van der Waals surface area contributed by atoms with Gasteiger partial charge in [-0.1, -0.05) is 30.3 Å². The van der Waals surface area contributed by atoms with Gasteiger partial charge in [0.25, 0.3) is 0 Å². The number of ether oxygens (including phenoxy) is 1. The Labute approximate surface area is 102 Å². The van der Waals surface area contributed by atoms with E-state index in [0.29, 0.717) is 0 Å². The Balaban J connectivity index is 1.83. The summed E-state index contributed by atoms with van der Waals surface area (Å²) in [4.78, 5) is 12.0. The van der Waals surface area contributed by atoms with Crippen molar-refractivity contribution in [2.75, 3.05) is 13.2 Å². The van der Waals surface area contributed by atoms with Gasteiger partial charge in [-0.25, -0.2) is 0 Å². The molecule has 1 saturated heterocycles. The lowest BCUT2D eigenvalue weighted by Gasteiger charge is -2.16. The first-order valence-electron chi connectivity index (χ1n) is 6.21. The maximum atomic E-state index is 12.0. The van der Waals surface area contributed by atoms with Crippen molar-refractivity contribution < 1.29 is 9.53 Å². The number of carbonyl (C=O) groups is 1. The quantitative estimate of drug-likeness (QED) is 0.791. The van der Waals surface area contributed by atoms with Gasteiger partial charge in [-0.2, -0.15) is 0 Å². The van der Waals surface area contributed by atoms with Crippen LogP contribution in [0.4, 0.5) is 0 Å². The van der Waals surface area contributed by atoms with E-state index in [0.717, 1.165) is 31.6 Å². The summed E-state index contributed by atoms with van der Waals surface area (Å²) >= 11 is 0. The van der Waals surface area contributed by atoms with E-state index in [1.165, 1.54) is 0 Å². The maximum Gasteiger partial charge on any atom is 0.179 e. The van der Waals surface area contributed by atoms with Crippen LogP contribution in [0.25, 0.3) is 0 Å². The van der Waals surface area contributed by atoms with Crippen molar-refractivity contribution in [1.29, 1.82) is 0 Å². The number of ketones is 1. The highest BCUT2D eigenvalue weighted by molar-refractivity contribution is 5.99. The lowest BCUT2D eigenvalue weighted by molar-refractivity contribution is 0.0902. The zero-order chi connectivity index (χ0) is 12.1. The van der Waals surface area contributed by atoms with Crippen LogP contribution in [0.3, 0.4) is 0 Å². The molecule has 0 bridgehead atoms. The molecule has 0 amide bonds. The van der Waals surface area contributed by atoms with Gasteiger partial charge in [0.15, 0.2) is 5.78 Å². The number of rotatable bonds is 5. The molecule has 0 aliphatic carbocycles. The molecule has 1 aromatic carbocycles. The van der Waals surface area contributed by atoms with Crippen LogP contribution in [0.5, 0.6) is 0 Å². The molecule has 2 unspecified atom stereocenters. The molecule has 1 aliphatic rings. The summed E-state index contributed by atoms with van der Waals surface area (Å²) in [5.41, 5.74) is 0.764. The SMILES string of the molecule is CC(NCC1CCCO1)C(=O)c1ccccc1. The van der Waals surface area contributed by atoms with Crippen molar-refractivity contribution in [2.24, 2.45) is 0 Å². The smallest absolute Gasteiger partial charge is 0.179 e. The van der Waals surface area contributed by atoms with E-state index >= 15 is 0 Å². The molecule has 3 heteroatoms. The number of nitrogens with one attached hydrogen (secondary N) is 1. The summed E-state index contributed by atoms with van der Waals surface area (Å²) in [5.74, 6) is 0.142. The Morgan fingerprint density at radius 2 is 2.24 bits per heavy atom. The van der Waals surface area contributed by atoms with Crippen LogP contribution in [0.15, 0.2) is 30.3 Å². The van der Waals surface area contributed by atoms with Gasteiger partial charge >= 0.3 is 0 Å². The topological polar surface area (TPSA) is 38.3 Å². The lowest BCUT2D eigenvalue weighted by Crippen LogP contribution is -2.38. The van der Waals surface area contributed by atoms with Gasteiger partial charge in [0.2, 0.25) is 0 Å². The Bertz CT molecular complexity index is 358. The Morgan fingerprint density at radius 1 is 1.47 bits per heavy atom. The minimum absolute atomic E-state index is 0.142. The fourth-order valence-electron chi connectivity index (χ4n) is 2.06. The average molecular weight is 233 g/mol. The van der Waals surface area contributed by atoms with Gasteiger partial charge in [0.1, 0.15) is 0 Å². The first kappa shape index (κ1) is 12.3. The highest BCUT2D eigenvalue weighted by Gasteiger charge is 2.19. The summed E-state index contributed by atoms with van der Waals surface area (Å²) < 4.78 is 5.51. The normalized spacial score (nSPS) is 21.4. The van der Waals surface area contributed by atoms with Crippen molar-refractivity contribution >= 4 is 5.78 Å². The second kappa shape index (κ2) is 5.94. The van der Waals surface area contributed by atoms with Crippen LogP contribution in [0.1, 0.15) is 30.1 Å². The largest absolute Gasteiger partial charge is 0.377 e. The molecule has 0 aromatic heterocycles. The number of Topliss-reactive ketones (excluding diaryl/α,β-unsaturated/α-hetero) is 1. The molecule has 1 N–H and O–H groups in total. The number of carbonyl (C=O) groups excluding carboxylic acids is 1. The summed E-state index contributed by atoms with van der Waals surface area (Å²) in [6.07, 6.45) is 2.51. The molecule has 17 heavy (non-hydrogen) atoms. The van der Waals surface area contributed by atoms with Gasteiger partial charge in [-0.15, -0.1) is 0 Å². The van der Waals surface area contributed by atoms with Crippen molar-refractivity contribution in [1.82, 2.24) is 5.32 Å². The Hall–Kier alpha value is -1.19. The highest BCUT2D eigenvalue weighted by Crippen LogP contribution is 2.11. The predicted octanol–water partition coefficient (Wildman–Crippen LogP) is 2.03. The number of hydrogen-bond acceptors (Lipinski definition) is 3. The second-order valence-corrected chi connectivity index (χ2v) is 4.50. The van der Waals surface area contributed by atoms with Crippen LogP contribution in [0.2, 0.25) is 0 Å². The summed E-state index contributed by atoms with van der Waals surface area (Å²) in [7, 11) is 0. The maximum absolute atomic E-state index is 12.0. The van der Waals surface area contributed by atoms with Crippen LogP contribution in [0, 0.1) is 0 Å². The molecule has 0 spiro atoms. The van der Waals surface area contributed by atoms with Gasteiger partial charge in [-0.3, -0.25) is 4.79 Å². The minimum atomic E-state index is -0.151. The van der Waals surface area contributed by atoms with Crippen molar-refractivity contribution in [2.45, 2.75) is 31.9 Å². The monoisotopic (exact) mass is 233 g/mol. The van der Waals surface area contributed by atoms with Gasteiger partial charge in [0, 0.05) is 18.7 Å². The van der Waals surface area contributed by atoms with E-state index in [2.05, 4.69) is 5.32 Å². The fourth-order valence-corrected chi connectivity index (χ4v) is 2.06. The predicted molar refractivity (Wildman–Crippen MR) is 67.2 cm³/mol. The summed E-state index contributed by atoms with van der Waals surface area (Å²) in [5, 5.41) is 3.25. The first-order chi connectivity index (χ1) is 8.27. The Morgan fingerprint density at radius 3 is 2.88 bits per heavy atom. The van der Waals surface area contributed by atoms with Crippen LogP contribution < -0.4 is 5.32 Å².